The molecule has 0 unspecified atom stereocenters. The summed E-state index contributed by atoms with van der Waals surface area (Å²) >= 11 is 0. The third kappa shape index (κ3) is 5.72. The number of rotatable bonds is 9. The average Bonchev–Trinajstić information content (AvgIpc) is 2.79. The number of hydrogen-bond donors (Lipinski definition) is 1. The number of nitro benzene ring substituents is 1. The molecule has 0 aromatic heterocycles. The first-order valence-corrected chi connectivity index (χ1v) is 9.55. The quantitative estimate of drug-likeness (QED) is 0.410. The summed E-state index contributed by atoms with van der Waals surface area (Å²) in [5, 5.41) is 13.8. The number of benzene rings is 3. The van der Waals surface area contributed by atoms with Crippen molar-refractivity contribution >= 4 is 23.0 Å². The molecule has 0 bridgehead atoms. The van der Waals surface area contributed by atoms with E-state index in [9.17, 15) is 14.9 Å². The highest BCUT2D eigenvalue weighted by atomic mass is 16.6. The molecule has 0 saturated carbocycles. The minimum Gasteiger partial charge on any atom is -0.497 e. The smallest absolute Gasteiger partial charge is 0.273 e. The first-order valence-electron chi connectivity index (χ1n) is 9.55. The van der Waals surface area contributed by atoms with E-state index in [1.54, 1.807) is 7.11 Å². The molecular weight excluding hydrogens is 398 g/mol. The lowest BCUT2D eigenvalue weighted by molar-refractivity contribution is -0.384. The molecule has 0 aliphatic carbocycles. The Morgan fingerprint density at radius 2 is 1.71 bits per heavy atom. The van der Waals surface area contributed by atoms with Gasteiger partial charge >= 0.3 is 0 Å². The molecule has 3 aromatic carbocycles. The Bertz CT molecular complexity index is 1040. The molecule has 0 aliphatic rings. The Morgan fingerprint density at radius 1 is 1.00 bits per heavy atom. The number of nitrogens with one attached hydrogen (secondary N) is 1. The van der Waals surface area contributed by atoms with Gasteiger partial charge in [0.25, 0.3) is 5.69 Å². The van der Waals surface area contributed by atoms with E-state index >= 15 is 0 Å². The molecular formula is C23H23N3O5. The predicted molar refractivity (Wildman–Crippen MR) is 119 cm³/mol. The number of methoxy groups -OCH3 is 2. The van der Waals surface area contributed by atoms with E-state index in [-0.39, 0.29) is 23.9 Å². The van der Waals surface area contributed by atoms with Crippen LogP contribution < -0.4 is 19.7 Å². The number of carbonyl (C=O) groups is 1. The van der Waals surface area contributed by atoms with E-state index in [1.165, 1.54) is 25.3 Å². The van der Waals surface area contributed by atoms with Crippen molar-refractivity contribution in [2.75, 3.05) is 31.0 Å². The van der Waals surface area contributed by atoms with E-state index < -0.39 is 4.92 Å². The number of nitro groups is 1. The van der Waals surface area contributed by atoms with Gasteiger partial charge in [0.05, 0.1) is 37.4 Å². The third-order valence-corrected chi connectivity index (χ3v) is 4.66. The molecule has 3 rings (SSSR count). The minimum absolute atomic E-state index is 0.0708. The summed E-state index contributed by atoms with van der Waals surface area (Å²) < 4.78 is 10.4. The van der Waals surface area contributed by atoms with Gasteiger partial charge < -0.3 is 19.7 Å². The van der Waals surface area contributed by atoms with E-state index in [4.69, 9.17) is 9.47 Å². The number of carbonyl (C=O) groups excluding carboxylic acids is 1. The Hall–Kier alpha value is -4.07. The Morgan fingerprint density at radius 3 is 2.32 bits per heavy atom. The maximum Gasteiger partial charge on any atom is 0.273 e. The van der Waals surface area contributed by atoms with Crippen molar-refractivity contribution in [1.29, 1.82) is 0 Å². The van der Waals surface area contributed by atoms with Crippen molar-refractivity contribution in [2.45, 2.75) is 6.54 Å². The maximum atomic E-state index is 12.8. The van der Waals surface area contributed by atoms with E-state index in [0.717, 1.165) is 17.0 Å². The maximum absolute atomic E-state index is 12.8. The summed E-state index contributed by atoms with van der Waals surface area (Å²) in [6, 6.07) is 21.3. The van der Waals surface area contributed by atoms with Gasteiger partial charge in [0, 0.05) is 18.3 Å². The minimum atomic E-state index is -0.514. The number of anilines is 2. The predicted octanol–water partition coefficient (Wildman–Crippen LogP) is 4.26. The van der Waals surface area contributed by atoms with E-state index in [1.807, 2.05) is 59.5 Å². The van der Waals surface area contributed by atoms with Crippen LogP contribution in [0.5, 0.6) is 11.5 Å². The van der Waals surface area contributed by atoms with E-state index in [2.05, 4.69) is 5.32 Å². The average molecular weight is 421 g/mol. The van der Waals surface area contributed by atoms with Crippen LogP contribution in [0, 0.1) is 10.1 Å². The van der Waals surface area contributed by atoms with Gasteiger partial charge in [-0.3, -0.25) is 14.9 Å². The highest BCUT2D eigenvalue weighted by Gasteiger charge is 2.16. The zero-order valence-corrected chi connectivity index (χ0v) is 17.3. The fourth-order valence-electron chi connectivity index (χ4n) is 3.10. The van der Waals surface area contributed by atoms with Crippen LogP contribution in [0.3, 0.4) is 0 Å². The molecule has 0 saturated heterocycles. The molecule has 0 atom stereocenters. The largest absolute Gasteiger partial charge is 0.497 e. The van der Waals surface area contributed by atoms with Crippen molar-refractivity contribution in [2.24, 2.45) is 0 Å². The Labute approximate surface area is 180 Å². The molecule has 0 heterocycles. The van der Waals surface area contributed by atoms with Crippen LogP contribution >= 0.6 is 0 Å². The van der Waals surface area contributed by atoms with Gasteiger partial charge in [0.15, 0.2) is 0 Å². The molecule has 3 aromatic rings. The normalized spacial score (nSPS) is 10.3. The van der Waals surface area contributed by atoms with Crippen LogP contribution in [-0.2, 0) is 11.3 Å². The fourth-order valence-corrected chi connectivity index (χ4v) is 3.10. The first kappa shape index (κ1) is 21.6. The van der Waals surface area contributed by atoms with Crippen LogP contribution in [0.4, 0.5) is 17.1 Å². The topological polar surface area (TPSA) is 93.9 Å². The number of hydrogen-bond acceptors (Lipinski definition) is 6. The second-order valence-corrected chi connectivity index (χ2v) is 6.73. The van der Waals surface area contributed by atoms with Gasteiger partial charge in [-0.05, 0) is 35.9 Å². The second-order valence-electron chi connectivity index (χ2n) is 6.73. The molecule has 0 aliphatic heterocycles. The molecule has 0 radical (unpaired) electrons. The summed E-state index contributed by atoms with van der Waals surface area (Å²) in [5.74, 6) is 0.670. The molecule has 1 amide bonds. The molecule has 160 valence electrons. The molecule has 8 nitrogen and oxygen atoms in total. The second kappa shape index (κ2) is 10.1. The molecule has 0 spiro atoms. The van der Waals surface area contributed by atoms with Crippen molar-refractivity contribution in [3.05, 3.63) is 88.5 Å². The van der Waals surface area contributed by atoms with Gasteiger partial charge in [-0.25, -0.2) is 0 Å². The standard InChI is InChI=1S/C23H23N3O5/c1-30-20-11-8-18(9-12-20)25(15-17-6-4-3-5-7-17)16-23(27)24-21-13-10-19(26(28)29)14-22(21)31-2/h3-14H,15-16H2,1-2H3,(H,24,27). The van der Waals surface area contributed by atoms with Crippen molar-refractivity contribution in [1.82, 2.24) is 0 Å². The molecule has 8 heteroatoms. The SMILES string of the molecule is COc1ccc(N(CC(=O)Nc2ccc([N+](=O)[O-])cc2OC)Cc2ccccc2)cc1. The summed E-state index contributed by atoms with van der Waals surface area (Å²) in [6.45, 7) is 0.597. The van der Waals surface area contributed by atoms with Gasteiger partial charge in [0.2, 0.25) is 5.91 Å². The summed E-state index contributed by atoms with van der Waals surface area (Å²) in [6.07, 6.45) is 0. The number of amides is 1. The van der Waals surface area contributed by atoms with Crippen LogP contribution in [0.15, 0.2) is 72.8 Å². The Balaban J connectivity index is 1.80. The first-order chi connectivity index (χ1) is 15.0. The van der Waals surface area contributed by atoms with Gasteiger partial charge in [-0.2, -0.15) is 0 Å². The Kier molecular flexibility index (Phi) is 7.05. The van der Waals surface area contributed by atoms with Gasteiger partial charge in [-0.1, -0.05) is 30.3 Å². The highest BCUT2D eigenvalue weighted by Crippen LogP contribution is 2.29. The van der Waals surface area contributed by atoms with Crippen LogP contribution in [0.1, 0.15) is 5.56 Å². The van der Waals surface area contributed by atoms with E-state index in [0.29, 0.717) is 12.2 Å². The molecule has 0 fully saturated rings. The van der Waals surface area contributed by atoms with Crippen LogP contribution in [0.25, 0.3) is 0 Å². The zero-order valence-electron chi connectivity index (χ0n) is 17.3. The third-order valence-electron chi connectivity index (χ3n) is 4.66. The lowest BCUT2D eigenvalue weighted by Gasteiger charge is -2.25. The molecule has 1 N–H and O–H groups in total. The lowest BCUT2D eigenvalue weighted by Crippen LogP contribution is -2.33. The fraction of sp³-hybridized carbons (Fsp3) is 0.174. The lowest BCUT2D eigenvalue weighted by atomic mass is 10.2. The summed E-state index contributed by atoms with van der Waals surface area (Å²) in [7, 11) is 3.00. The number of nitrogens with zero attached hydrogens (tertiary/aromatic N) is 2. The number of non-ortho nitro benzene ring substituents is 1. The van der Waals surface area contributed by atoms with Crippen LogP contribution in [0.2, 0.25) is 0 Å². The van der Waals surface area contributed by atoms with Gasteiger partial charge in [0.1, 0.15) is 11.5 Å². The summed E-state index contributed by atoms with van der Waals surface area (Å²) in [4.78, 5) is 25.2. The zero-order chi connectivity index (χ0) is 22.2. The number of ether oxygens (including phenoxy) is 2. The van der Waals surface area contributed by atoms with Gasteiger partial charge in [-0.15, -0.1) is 0 Å². The van der Waals surface area contributed by atoms with Crippen LogP contribution in [-0.4, -0.2) is 31.6 Å². The van der Waals surface area contributed by atoms with Crippen molar-refractivity contribution in [3.63, 3.8) is 0 Å². The summed E-state index contributed by atoms with van der Waals surface area (Å²) in [5.41, 5.74) is 2.17. The van der Waals surface area contributed by atoms with Crippen molar-refractivity contribution < 1.29 is 19.2 Å². The highest BCUT2D eigenvalue weighted by molar-refractivity contribution is 5.95. The van der Waals surface area contributed by atoms with Crippen molar-refractivity contribution in [3.8, 4) is 11.5 Å². The monoisotopic (exact) mass is 421 g/mol. The molecule has 31 heavy (non-hydrogen) atoms.